The highest BCUT2D eigenvalue weighted by Gasteiger charge is 2.64. The van der Waals surface area contributed by atoms with Crippen LogP contribution in [0.15, 0.2) is 109 Å². The zero-order chi connectivity index (χ0) is 31.6. The summed E-state index contributed by atoms with van der Waals surface area (Å²) in [6.07, 6.45) is -2.35. The van der Waals surface area contributed by atoms with Crippen LogP contribution in [-0.4, -0.2) is 42.9 Å². The summed E-state index contributed by atoms with van der Waals surface area (Å²) in [6, 6.07) is 31.9. The minimum Gasteiger partial charge on any atom is -0.493 e. The number of hydrogen-bond acceptors (Lipinski definition) is 9. The van der Waals surface area contributed by atoms with Crippen LogP contribution in [0.25, 0.3) is 0 Å². The Balaban J connectivity index is 1.51. The standard InChI is InChI=1S/C35H33NO9/c1-40-29-19-18-28(20-30(29)41-2)31-21-35(32(37)42-22-25-12-6-3-7-13-25,33(38)43-23-26-14-8-4-9-15-26)36(45-31)34(39)44-24-27-16-10-5-11-17-27/h3-20,31H,21-24H2,1-2H3. The third-order valence-electron chi connectivity index (χ3n) is 7.31. The van der Waals surface area contributed by atoms with Gasteiger partial charge in [0.2, 0.25) is 0 Å². The maximum Gasteiger partial charge on any atom is 0.435 e. The maximum absolute atomic E-state index is 14.1. The van der Waals surface area contributed by atoms with Crippen LogP contribution in [-0.2, 0) is 48.5 Å². The van der Waals surface area contributed by atoms with Crippen molar-refractivity contribution in [3.63, 3.8) is 0 Å². The molecule has 0 aliphatic carbocycles. The molecule has 5 rings (SSSR count). The van der Waals surface area contributed by atoms with E-state index in [1.807, 2.05) is 18.2 Å². The fourth-order valence-corrected chi connectivity index (χ4v) is 4.92. The Labute approximate surface area is 260 Å². The van der Waals surface area contributed by atoms with E-state index in [2.05, 4.69) is 0 Å². The van der Waals surface area contributed by atoms with E-state index < -0.39 is 29.7 Å². The quantitative estimate of drug-likeness (QED) is 0.116. The van der Waals surface area contributed by atoms with Crippen molar-refractivity contribution in [2.24, 2.45) is 0 Å². The Morgan fingerprint density at radius 2 is 1.13 bits per heavy atom. The van der Waals surface area contributed by atoms with Crippen LogP contribution in [0.3, 0.4) is 0 Å². The smallest absolute Gasteiger partial charge is 0.435 e. The third kappa shape index (κ3) is 7.08. The molecule has 1 atom stereocenters. The van der Waals surface area contributed by atoms with E-state index in [-0.39, 0.29) is 26.2 Å². The lowest BCUT2D eigenvalue weighted by molar-refractivity contribution is -0.203. The lowest BCUT2D eigenvalue weighted by Gasteiger charge is -2.30. The highest BCUT2D eigenvalue weighted by atomic mass is 16.8. The first-order valence-corrected chi connectivity index (χ1v) is 14.3. The van der Waals surface area contributed by atoms with Crippen LogP contribution in [0.1, 0.15) is 34.8 Å². The Kier molecular flexibility index (Phi) is 9.96. The molecule has 1 fully saturated rings. The van der Waals surface area contributed by atoms with Gasteiger partial charge < -0.3 is 23.7 Å². The predicted molar refractivity (Wildman–Crippen MR) is 162 cm³/mol. The first-order valence-electron chi connectivity index (χ1n) is 14.3. The molecule has 0 spiro atoms. The van der Waals surface area contributed by atoms with Crippen molar-refractivity contribution in [2.45, 2.75) is 37.9 Å². The van der Waals surface area contributed by atoms with Gasteiger partial charge in [-0.15, -0.1) is 0 Å². The van der Waals surface area contributed by atoms with Crippen molar-refractivity contribution < 1.29 is 42.9 Å². The number of amides is 1. The molecule has 1 amide bonds. The van der Waals surface area contributed by atoms with Gasteiger partial charge in [0, 0.05) is 6.42 Å². The van der Waals surface area contributed by atoms with Gasteiger partial charge in [0.05, 0.1) is 14.2 Å². The molecule has 10 nitrogen and oxygen atoms in total. The molecular weight excluding hydrogens is 578 g/mol. The topological polar surface area (TPSA) is 110 Å². The molecular formula is C35H33NO9. The molecule has 232 valence electrons. The van der Waals surface area contributed by atoms with Gasteiger partial charge in [0.15, 0.2) is 11.5 Å². The Morgan fingerprint density at radius 3 is 1.60 bits per heavy atom. The number of carbonyl (C=O) groups excluding carboxylic acids is 3. The van der Waals surface area contributed by atoms with Crippen LogP contribution >= 0.6 is 0 Å². The summed E-state index contributed by atoms with van der Waals surface area (Å²) >= 11 is 0. The summed E-state index contributed by atoms with van der Waals surface area (Å²) in [4.78, 5) is 48.0. The van der Waals surface area contributed by atoms with E-state index in [1.54, 1.807) is 91.0 Å². The Morgan fingerprint density at radius 1 is 0.667 bits per heavy atom. The fraction of sp³-hybridized carbons (Fsp3) is 0.229. The van der Waals surface area contributed by atoms with Gasteiger partial charge >= 0.3 is 18.0 Å². The second kappa shape index (κ2) is 14.4. The first-order chi connectivity index (χ1) is 21.9. The van der Waals surface area contributed by atoms with Gasteiger partial charge in [0.25, 0.3) is 5.54 Å². The van der Waals surface area contributed by atoms with Gasteiger partial charge in [-0.05, 0) is 34.4 Å². The summed E-state index contributed by atoms with van der Waals surface area (Å²) in [5.74, 6) is -1.19. The molecule has 1 unspecified atom stereocenters. The lowest BCUT2D eigenvalue weighted by Crippen LogP contribution is -2.59. The number of nitrogens with zero attached hydrogens (tertiary/aromatic N) is 1. The molecule has 0 aromatic heterocycles. The van der Waals surface area contributed by atoms with Crippen LogP contribution < -0.4 is 9.47 Å². The van der Waals surface area contributed by atoms with Crippen molar-refractivity contribution in [3.8, 4) is 11.5 Å². The van der Waals surface area contributed by atoms with Crippen LogP contribution in [0, 0.1) is 0 Å². The van der Waals surface area contributed by atoms with Crippen LogP contribution in [0.2, 0.25) is 0 Å². The van der Waals surface area contributed by atoms with Gasteiger partial charge in [0.1, 0.15) is 25.9 Å². The highest BCUT2D eigenvalue weighted by molar-refractivity contribution is 6.07. The third-order valence-corrected chi connectivity index (χ3v) is 7.31. The molecule has 10 heteroatoms. The number of hydrogen-bond donors (Lipinski definition) is 0. The molecule has 0 bridgehead atoms. The molecule has 1 aliphatic rings. The monoisotopic (exact) mass is 611 g/mol. The zero-order valence-corrected chi connectivity index (χ0v) is 24.9. The van der Waals surface area contributed by atoms with E-state index in [1.165, 1.54) is 14.2 Å². The summed E-state index contributed by atoms with van der Waals surface area (Å²) in [7, 11) is 2.99. The summed E-state index contributed by atoms with van der Waals surface area (Å²) in [5, 5.41) is 0.651. The average molecular weight is 612 g/mol. The molecule has 4 aromatic carbocycles. The van der Waals surface area contributed by atoms with Crippen LogP contribution in [0.4, 0.5) is 4.79 Å². The van der Waals surface area contributed by atoms with E-state index in [0.29, 0.717) is 38.8 Å². The molecule has 0 radical (unpaired) electrons. The number of ether oxygens (including phenoxy) is 5. The van der Waals surface area contributed by atoms with Gasteiger partial charge in [-0.1, -0.05) is 97.1 Å². The van der Waals surface area contributed by atoms with Gasteiger partial charge in [-0.3, -0.25) is 4.84 Å². The molecule has 0 saturated carbocycles. The fourth-order valence-electron chi connectivity index (χ4n) is 4.92. The Hall–Kier alpha value is -5.35. The van der Waals surface area contributed by atoms with Crippen molar-refractivity contribution in [3.05, 3.63) is 131 Å². The molecule has 0 N–H and O–H groups in total. The van der Waals surface area contributed by atoms with Crippen molar-refractivity contribution >= 4 is 18.0 Å². The molecule has 1 saturated heterocycles. The first kappa shape index (κ1) is 31.1. The summed E-state index contributed by atoms with van der Waals surface area (Å²) in [6.45, 7) is -0.433. The molecule has 45 heavy (non-hydrogen) atoms. The minimum atomic E-state index is -2.34. The maximum atomic E-state index is 14.1. The van der Waals surface area contributed by atoms with E-state index in [4.69, 9.17) is 28.5 Å². The number of hydroxylamine groups is 2. The minimum absolute atomic E-state index is 0.130. The zero-order valence-electron chi connectivity index (χ0n) is 24.9. The normalized spacial score (nSPS) is 15.2. The number of benzene rings is 4. The van der Waals surface area contributed by atoms with Gasteiger partial charge in [-0.2, -0.15) is 5.06 Å². The second-order valence-corrected chi connectivity index (χ2v) is 10.2. The van der Waals surface area contributed by atoms with Crippen molar-refractivity contribution in [1.29, 1.82) is 0 Å². The Bertz CT molecular complexity index is 1540. The summed E-state index contributed by atoms with van der Waals surface area (Å²) < 4.78 is 27.7. The largest absolute Gasteiger partial charge is 0.493 e. The summed E-state index contributed by atoms with van der Waals surface area (Å²) in [5.41, 5.74) is 0.252. The molecule has 4 aromatic rings. The molecule has 1 heterocycles. The lowest BCUT2D eigenvalue weighted by atomic mass is 9.90. The van der Waals surface area contributed by atoms with E-state index >= 15 is 0 Å². The number of esters is 2. The van der Waals surface area contributed by atoms with E-state index in [9.17, 15) is 14.4 Å². The van der Waals surface area contributed by atoms with E-state index in [0.717, 1.165) is 0 Å². The van der Waals surface area contributed by atoms with Gasteiger partial charge in [-0.25, -0.2) is 14.4 Å². The number of rotatable bonds is 11. The van der Waals surface area contributed by atoms with Crippen molar-refractivity contribution in [2.75, 3.05) is 14.2 Å². The SMILES string of the molecule is COc1ccc(C2CC(C(=O)OCc3ccccc3)(C(=O)OCc3ccccc3)N(C(=O)OCc3ccccc3)O2)cc1OC. The van der Waals surface area contributed by atoms with Crippen molar-refractivity contribution in [1.82, 2.24) is 5.06 Å². The average Bonchev–Trinajstić information content (AvgIpc) is 3.52. The predicted octanol–water partition coefficient (Wildman–Crippen LogP) is 5.94. The van der Waals surface area contributed by atoms with Crippen LogP contribution in [0.5, 0.6) is 11.5 Å². The second-order valence-electron chi connectivity index (χ2n) is 10.2. The molecule has 1 aliphatic heterocycles. The number of carbonyl (C=O) groups is 3. The highest BCUT2D eigenvalue weighted by Crippen LogP contribution is 2.44. The number of methoxy groups -OCH3 is 2.